The Morgan fingerprint density at radius 1 is 1.22 bits per heavy atom. The third kappa shape index (κ3) is 4.36. The maximum absolute atomic E-state index is 12.7. The minimum Gasteiger partial charge on any atom is -0.462 e. The summed E-state index contributed by atoms with van der Waals surface area (Å²) in [4.78, 5) is 28.6. The monoisotopic (exact) mass is 393 g/mol. The Kier molecular flexibility index (Phi) is 5.66. The van der Waals surface area contributed by atoms with Crippen molar-refractivity contribution in [1.29, 1.82) is 0 Å². The molecule has 0 aromatic carbocycles. The van der Waals surface area contributed by atoms with E-state index in [-0.39, 0.29) is 23.0 Å². The largest absolute Gasteiger partial charge is 0.462 e. The highest BCUT2D eigenvalue weighted by molar-refractivity contribution is 7.17. The number of thiophene rings is 1. The lowest BCUT2D eigenvalue weighted by atomic mass is 9.81. The molecule has 3 rings (SSSR count). The van der Waals surface area contributed by atoms with Gasteiger partial charge in [0.25, 0.3) is 0 Å². The molecule has 0 radical (unpaired) electrons. The molecule has 1 aromatic heterocycles. The Hall–Kier alpha value is -1.44. The number of amides is 1. The molecular weight excluding hydrogens is 362 g/mol. The summed E-state index contributed by atoms with van der Waals surface area (Å²) in [5.74, 6) is -0.411. The number of rotatable bonds is 5. The first-order valence-corrected chi connectivity index (χ1v) is 10.6. The van der Waals surface area contributed by atoms with Crippen LogP contribution in [0.2, 0.25) is 0 Å². The fraction of sp³-hybridized carbons (Fsp3) is 0.700. The lowest BCUT2D eigenvalue weighted by Gasteiger charge is -2.42. The van der Waals surface area contributed by atoms with Crippen LogP contribution in [0.5, 0.6) is 0 Å². The van der Waals surface area contributed by atoms with Gasteiger partial charge in [0.05, 0.1) is 18.7 Å². The van der Waals surface area contributed by atoms with Gasteiger partial charge >= 0.3 is 5.97 Å². The molecule has 0 atom stereocenters. The van der Waals surface area contributed by atoms with E-state index in [1.165, 1.54) is 11.3 Å². The predicted molar refractivity (Wildman–Crippen MR) is 109 cm³/mol. The lowest BCUT2D eigenvalue weighted by Crippen LogP contribution is -2.55. The fourth-order valence-electron chi connectivity index (χ4n) is 4.34. The first-order valence-electron chi connectivity index (χ1n) is 9.78. The molecule has 7 heteroatoms. The number of hydrogen-bond donors (Lipinski definition) is 2. The van der Waals surface area contributed by atoms with E-state index in [1.54, 1.807) is 6.92 Å². The number of ether oxygens (including phenoxy) is 1. The lowest BCUT2D eigenvalue weighted by molar-refractivity contribution is -0.117. The number of fused-ring (bicyclic) bond motifs is 1. The van der Waals surface area contributed by atoms with E-state index in [0.717, 1.165) is 42.8 Å². The van der Waals surface area contributed by atoms with Crippen molar-refractivity contribution in [3.8, 4) is 0 Å². The number of carbonyl (C=O) groups excluding carboxylic acids is 2. The van der Waals surface area contributed by atoms with Crippen LogP contribution in [0, 0.1) is 0 Å². The third-order valence-electron chi connectivity index (χ3n) is 5.14. The van der Waals surface area contributed by atoms with E-state index in [9.17, 15) is 9.59 Å². The third-order valence-corrected chi connectivity index (χ3v) is 6.61. The smallest absolute Gasteiger partial charge is 0.341 e. The topological polar surface area (TPSA) is 70.7 Å². The summed E-state index contributed by atoms with van der Waals surface area (Å²) in [5.41, 5.74) is 1.12. The molecule has 2 aliphatic heterocycles. The second kappa shape index (κ2) is 7.53. The molecule has 1 saturated heterocycles. The van der Waals surface area contributed by atoms with Crippen LogP contribution in [-0.4, -0.2) is 48.6 Å². The Morgan fingerprint density at radius 3 is 2.52 bits per heavy atom. The Morgan fingerprint density at radius 2 is 1.89 bits per heavy atom. The van der Waals surface area contributed by atoms with Crippen molar-refractivity contribution in [2.45, 2.75) is 65.0 Å². The number of nitrogens with zero attached hydrogens (tertiary/aromatic N) is 1. The van der Waals surface area contributed by atoms with Crippen LogP contribution in [0.25, 0.3) is 0 Å². The molecule has 0 bridgehead atoms. The Labute approximate surface area is 165 Å². The Bertz CT molecular complexity index is 733. The van der Waals surface area contributed by atoms with Crippen LogP contribution in [-0.2, 0) is 21.5 Å². The van der Waals surface area contributed by atoms with Gasteiger partial charge in [0.2, 0.25) is 5.91 Å². The molecule has 2 N–H and O–H groups in total. The van der Waals surface area contributed by atoms with Gasteiger partial charge in [-0.2, -0.15) is 0 Å². The van der Waals surface area contributed by atoms with Crippen LogP contribution in [0.1, 0.15) is 68.3 Å². The van der Waals surface area contributed by atoms with Crippen LogP contribution in [0.3, 0.4) is 0 Å². The van der Waals surface area contributed by atoms with Gasteiger partial charge < -0.3 is 15.4 Å². The summed E-state index contributed by atoms with van der Waals surface area (Å²) in [5, 5.41) is 7.28. The average molecular weight is 394 g/mol. The molecule has 0 unspecified atom stereocenters. The SMILES string of the molecule is CCOC(=O)c1c(NC(=O)CN2CCCC2)sc2c1CC(C)(C)NC2(C)C. The van der Waals surface area contributed by atoms with Gasteiger partial charge in [-0.25, -0.2) is 4.79 Å². The summed E-state index contributed by atoms with van der Waals surface area (Å²) < 4.78 is 5.33. The maximum atomic E-state index is 12.7. The fourth-order valence-corrected chi connectivity index (χ4v) is 5.63. The van der Waals surface area contributed by atoms with E-state index < -0.39 is 0 Å². The minimum atomic E-state index is -0.347. The van der Waals surface area contributed by atoms with Crippen molar-refractivity contribution in [3.05, 3.63) is 16.0 Å². The van der Waals surface area contributed by atoms with Gasteiger partial charge in [0.1, 0.15) is 5.00 Å². The van der Waals surface area contributed by atoms with Crippen molar-refractivity contribution >= 4 is 28.2 Å². The van der Waals surface area contributed by atoms with E-state index >= 15 is 0 Å². The molecule has 150 valence electrons. The molecular formula is C20H31N3O3S. The van der Waals surface area contributed by atoms with Crippen LogP contribution in [0.4, 0.5) is 5.00 Å². The highest BCUT2D eigenvalue weighted by atomic mass is 32.1. The summed E-state index contributed by atoms with van der Waals surface area (Å²) in [6, 6.07) is 0. The maximum Gasteiger partial charge on any atom is 0.341 e. The van der Waals surface area contributed by atoms with Crippen molar-refractivity contribution in [2.24, 2.45) is 0 Å². The van der Waals surface area contributed by atoms with Gasteiger partial charge in [-0.1, -0.05) is 0 Å². The van der Waals surface area contributed by atoms with Crippen molar-refractivity contribution in [2.75, 3.05) is 31.6 Å². The number of carbonyl (C=O) groups is 2. The summed E-state index contributed by atoms with van der Waals surface area (Å²) >= 11 is 1.50. The zero-order chi connectivity index (χ0) is 19.8. The van der Waals surface area contributed by atoms with Gasteiger partial charge in [-0.05, 0) is 72.5 Å². The second-order valence-electron chi connectivity index (χ2n) is 8.68. The highest BCUT2D eigenvalue weighted by Crippen LogP contribution is 2.45. The van der Waals surface area contributed by atoms with Gasteiger partial charge in [-0.3, -0.25) is 9.69 Å². The van der Waals surface area contributed by atoms with Crippen molar-refractivity contribution in [3.63, 3.8) is 0 Å². The Balaban J connectivity index is 1.94. The molecule has 27 heavy (non-hydrogen) atoms. The first kappa shape index (κ1) is 20.3. The summed E-state index contributed by atoms with van der Waals surface area (Å²) in [7, 11) is 0. The number of esters is 1. The minimum absolute atomic E-state index is 0.0638. The number of nitrogens with one attached hydrogen (secondary N) is 2. The molecule has 2 aliphatic rings. The van der Waals surface area contributed by atoms with Gasteiger partial charge in [-0.15, -0.1) is 11.3 Å². The summed E-state index contributed by atoms with van der Waals surface area (Å²) in [6.45, 7) is 12.9. The van der Waals surface area contributed by atoms with Crippen molar-refractivity contribution in [1.82, 2.24) is 10.2 Å². The van der Waals surface area contributed by atoms with E-state index in [2.05, 4.69) is 43.2 Å². The zero-order valence-corrected chi connectivity index (χ0v) is 17.8. The molecule has 1 aromatic rings. The molecule has 1 amide bonds. The normalized spacial score (nSPS) is 20.9. The number of likely N-dealkylation sites (tertiary alicyclic amines) is 1. The van der Waals surface area contributed by atoms with Crippen LogP contribution >= 0.6 is 11.3 Å². The van der Waals surface area contributed by atoms with E-state index in [1.807, 2.05) is 0 Å². The molecule has 0 spiro atoms. The quantitative estimate of drug-likeness (QED) is 0.752. The zero-order valence-electron chi connectivity index (χ0n) is 17.0. The van der Waals surface area contributed by atoms with Crippen molar-refractivity contribution < 1.29 is 14.3 Å². The average Bonchev–Trinajstić information content (AvgIpc) is 3.13. The second-order valence-corrected chi connectivity index (χ2v) is 9.70. The highest BCUT2D eigenvalue weighted by Gasteiger charge is 2.42. The van der Waals surface area contributed by atoms with E-state index in [4.69, 9.17) is 4.74 Å². The van der Waals surface area contributed by atoms with Crippen LogP contribution < -0.4 is 10.6 Å². The number of anilines is 1. The van der Waals surface area contributed by atoms with Gasteiger partial charge in [0, 0.05) is 16.0 Å². The standard InChI is InChI=1S/C20H31N3O3S/c1-6-26-18(25)15-13-11-19(2,3)22-20(4,5)16(13)27-17(15)21-14(24)12-23-9-7-8-10-23/h22H,6-12H2,1-5H3,(H,21,24). The molecule has 1 fully saturated rings. The predicted octanol–water partition coefficient (Wildman–Crippen LogP) is 3.12. The van der Waals surface area contributed by atoms with E-state index in [0.29, 0.717) is 23.7 Å². The molecule has 0 saturated carbocycles. The van der Waals surface area contributed by atoms with Crippen LogP contribution in [0.15, 0.2) is 0 Å². The first-order chi connectivity index (χ1) is 12.6. The summed E-state index contributed by atoms with van der Waals surface area (Å²) in [6.07, 6.45) is 3.01. The molecule has 6 nitrogen and oxygen atoms in total. The van der Waals surface area contributed by atoms with Gasteiger partial charge in [0.15, 0.2) is 0 Å². The number of hydrogen-bond acceptors (Lipinski definition) is 6. The molecule has 3 heterocycles. The molecule has 0 aliphatic carbocycles.